The van der Waals surface area contributed by atoms with Crippen LogP contribution in [0.4, 0.5) is 13.2 Å². The van der Waals surface area contributed by atoms with Gasteiger partial charge in [0, 0.05) is 16.1 Å². The van der Waals surface area contributed by atoms with Gasteiger partial charge in [-0.25, -0.2) is 0 Å². The van der Waals surface area contributed by atoms with Crippen LogP contribution in [-0.2, 0) is 0 Å². The summed E-state index contributed by atoms with van der Waals surface area (Å²) in [7, 11) is 0. The zero-order chi connectivity index (χ0) is 12.9. The second-order valence-electron chi connectivity index (χ2n) is 3.46. The van der Waals surface area contributed by atoms with Gasteiger partial charge in [-0.3, -0.25) is 0 Å². The number of halogens is 5. The van der Waals surface area contributed by atoms with E-state index < -0.39 is 5.51 Å². The van der Waals surface area contributed by atoms with Crippen molar-refractivity contribution in [1.29, 1.82) is 0 Å². The van der Waals surface area contributed by atoms with Gasteiger partial charge < -0.3 is 0 Å². The van der Waals surface area contributed by atoms with Gasteiger partial charge in [-0.05, 0) is 24.0 Å². The van der Waals surface area contributed by atoms with E-state index in [1.165, 1.54) is 0 Å². The topological polar surface area (TPSA) is 0 Å². The zero-order valence-electron chi connectivity index (χ0n) is 8.81. The summed E-state index contributed by atoms with van der Waals surface area (Å²) >= 11 is 9.35. The smallest absolute Gasteiger partial charge is 0.160 e. The van der Waals surface area contributed by atoms with Gasteiger partial charge in [0.1, 0.15) is 0 Å². The first kappa shape index (κ1) is 15.2. The molecule has 0 spiro atoms. The van der Waals surface area contributed by atoms with Gasteiger partial charge in [0.2, 0.25) is 0 Å². The molecule has 1 aromatic rings. The lowest BCUT2D eigenvalue weighted by Gasteiger charge is -2.16. The van der Waals surface area contributed by atoms with Crippen LogP contribution < -0.4 is 0 Å². The van der Waals surface area contributed by atoms with E-state index in [1.54, 1.807) is 6.07 Å². The minimum absolute atomic E-state index is 0.0125. The molecule has 0 amide bonds. The molecule has 0 N–H and O–H groups in total. The lowest BCUT2D eigenvalue weighted by Crippen LogP contribution is -2.06. The third-order valence-electron chi connectivity index (χ3n) is 2.26. The second kappa shape index (κ2) is 6.90. The number of hydrogen-bond donors (Lipinski definition) is 0. The number of benzene rings is 1. The molecular formula is C11H11BrClF3S. The van der Waals surface area contributed by atoms with Crippen LogP contribution in [0.2, 0.25) is 5.02 Å². The average Bonchev–Trinajstić information content (AvgIpc) is 2.24. The molecule has 0 saturated heterocycles. The quantitative estimate of drug-likeness (QED) is 0.637. The molecule has 1 aromatic carbocycles. The van der Waals surface area contributed by atoms with Gasteiger partial charge in [-0.15, -0.1) is 0 Å². The van der Waals surface area contributed by atoms with Crippen LogP contribution in [0.1, 0.15) is 17.9 Å². The number of rotatable bonds is 5. The molecule has 0 bridgehead atoms. The first-order valence-corrected chi connectivity index (χ1v) is 7.43. The molecule has 0 aliphatic heterocycles. The third kappa shape index (κ3) is 5.53. The molecule has 1 atom stereocenters. The lowest BCUT2D eigenvalue weighted by atomic mass is 9.99. The largest absolute Gasteiger partial charge is 0.441 e. The fraction of sp³-hybridized carbons (Fsp3) is 0.455. The van der Waals surface area contributed by atoms with Crippen LogP contribution in [0.25, 0.3) is 0 Å². The summed E-state index contributed by atoms with van der Waals surface area (Å²) in [6.07, 6.45) is 0.444. The molecule has 0 aliphatic carbocycles. The van der Waals surface area contributed by atoms with Crippen molar-refractivity contribution in [2.24, 2.45) is 0 Å². The van der Waals surface area contributed by atoms with Crippen LogP contribution in [0.3, 0.4) is 0 Å². The van der Waals surface area contributed by atoms with Gasteiger partial charge in [0.05, 0.1) is 0 Å². The van der Waals surface area contributed by atoms with E-state index in [0.29, 0.717) is 16.8 Å². The highest BCUT2D eigenvalue weighted by molar-refractivity contribution is 9.09. The molecule has 0 saturated carbocycles. The van der Waals surface area contributed by atoms with Crippen LogP contribution in [0, 0.1) is 0 Å². The average molecular weight is 348 g/mol. The van der Waals surface area contributed by atoms with Crippen LogP contribution in [0.15, 0.2) is 24.3 Å². The van der Waals surface area contributed by atoms with Crippen LogP contribution in [0.5, 0.6) is 0 Å². The molecule has 0 radical (unpaired) electrons. The Morgan fingerprint density at radius 2 is 1.94 bits per heavy atom. The Morgan fingerprint density at radius 1 is 1.29 bits per heavy atom. The maximum Gasteiger partial charge on any atom is 0.441 e. The molecule has 0 aliphatic rings. The van der Waals surface area contributed by atoms with Crippen LogP contribution in [-0.4, -0.2) is 16.6 Å². The lowest BCUT2D eigenvalue weighted by molar-refractivity contribution is -0.0328. The zero-order valence-corrected chi connectivity index (χ0v) is 12.0. The molecule has 1 unspecified atom stereocenters. The van der Waals surface area contributed by atoms with Gasteiger partial charge in [0.15, 0.2) is 0 Å². The highest BCUT2D eigenvalue weighted by atomic mass is 79.9. The minimum atomic E-state index is -4.16. The van der Waals surface area contributed by atoms with E-state index in [-0.39, 0.29) is 23.4 Å². The Hall–Kier alpha value is 0.130. The summed E-state index contributed by atoms with van der Waals surface area (Å²) in [5, 5.41) is 1.21. The van der Waals surface area contributed by atoms with Crippen molar-refractivity contribution in [3.63, 3.8) is 0 Å². The van der Waals surface area contributed by atoms with Crippen molar-refractivity contribution >= 4 is 39.3 Å². The Morgan fingerprint density at radius 3 is 2.47 bits per heavy atom. The number of hydrogen-bond acceptors (Lipinski definition) is 1. The SMILES string of the molecule is FC(F)(F)SCCC(CBr)c1ccccc1Cl. The second-order valence-corrected chi connectivity index (χ2v) is 5.67. The molecule has 0 nitrogen and oxygen atoms in total. The number of thioether (sulfide) groups is 1. The monoisotopic (exact) mass is 346 g/mol. The highest BCUT2D eigenvalue weighted by Gasteiger charge is 2.28. The van der Waals surface area contributed by atoms with Crippen molar-refractivity contribution in [3.05, 3.63) is 34.9 Å². The van der Waals surface area contributed by atoms with E-state index in [1.807, 2.05) is 18.2 Å². The Labute approximate surface area is 116 Å². The first-order chi connectivity index (χ1) is 7.94. The molecular weight excluding hydrogens is 337 g/mol. The van der Waals surface area contributed by atoms with Crippen molar-refractivity contribution in [1.82, 2.24) is 0 Å². The summed E-state index contributed by atoms with van der Waals surface area (Å²) in [5.74, 6) is 0.0592. The summed E-state index contributed by atoms with van der Waals surface area (Å²) in [6.45, 7) is 0. The molecule has 1 rings (SSSR count). The van der Waals surface area contributed by atoms with Crippen molar-refractivity contribution in [2.45, 2.75) is 17.8 Å². The molecule has 17 heavy (non-hydrogen) atoms. The highest BCUT2D eigenvalue weighted by Crippen LogP contribution is 2.34. The van der Waals surface area contributed by atoms with Gasteiger partial charge >= 0.3 is 5.51 Å². The van der Waals surface area contributed by atoms with Gasteiger partial charge in [-0.2, -0.15) is 13.2 Å². The number of alkyl halides is 4. The fourth-order valence-electron chi connectivity index (χ4n) is 1.44. The predicted molar refractivity (Wildman–Crippen MR) is 71.1 cm³/mol. The van der Waals surface area contributed by atoms with Crippen molar-refractivity contribution in [3.8, 4) is 0 Å². The van der Waals surface area contributed by atoms with E-state index >= 15 is 0 Å². The standard InChI is InChI=1S/C11H11BrClF3S/c12-7-8(5-6-17-11(14,15)16)9-3-1-2-4-10(9)13/h1-4,8H,5-7H2. The summed E-state index contributed by atoms with van der Waals surface area (Å²) < 4.78 is 36.1. The molecule has 0 aromatic heterocycles. The first-order valence-electron chi connectivity index (χ1n) is 4.95. The molecule has 96 valence electrons. The maximum atomic E-state index is 12.0. The summed E-state index contributed by atoms with van der Waals surface area (Å²) in [5.41, 5.74) is -3.26. The van der Waals surface area contributed by atoms with E-state index in [9.17, 15) is 13.2 Å². The van der Waals surface area contributed by atoms with Crippen molar-refractivity contribution in [2.75, 3.05) is 11.1 Å². The maximum absolute atomic E-state index is 12.0. The Kier molecular flexibility index (Phi) is 6.17. The summed E-state index contributed by atoms with van der Waals surface area (Å²) in [4.78, 5) is 0. The predicted octanol–water partition coefficient (Wildman–Crippen LogP) is 5.46. The van der Waals surface area contributed by atoms with E-state index in [2.05, 4.69) is 15.9 Å². The van der Waals surface area contributed by atoms with E-state index in [4.69, 9.17) is 11.6 Å². The Balaban J connectivity index is 2.58. The Bertz CT molecular complexity index is 357. The summed E-state index contributed by atoms with van der Waals surface area (Å²) in [6, 6.07) is 7.26. The van der Waals surface area contributed by atoms with Gasteiger partial charge in [-0.1, -0.05) is 57.5 Å². The fourth-order valence-corrected chi connectivity index (χ4v) is 3.04. The molecule has 6 heteroatoms. The normalized spacial score (nSPS) is 13.7. The third-order valence-corrected chi connectivity index (χ3v) is 4.16. The van der Waals surface area contributed by atoms with Gasteiger partial charge in [0.25, 0.3) is 0 Å². The van der Waals surface area contributed by atoms with Crippen LogP contribution >= 0.6 is 39.3 Å². The minimum Gasteiger partial charge on any atom is -0.160 e. The van der Waals surface area contributed by atoms with E-state index in [0.717, 1.165) is 5.56 Å². The molecule has 0 heterocycles. The van der Waals surface area contributed by atoms with Crippen molar-refractivity contribution < 1.29 is 13.2 Å². The molecule has 0 fully saturated rings.